The van der Waals surface area contributed by atoms with Gasteiger partial charge in [-0.2, -0.15) is 0 Å². The summed E-state index contributed by atoms with van der Waals surface area (Å²) in [7, 11) is 0. The zero-order chi connectivity index (χ0) is 15.1. The maximum atomic E-state index is 4.71. The highest BCUT2D eigenvalue weighted by molar-refractivity contribution is 9.10. The highest BCUT2D eigenvalue weighted by Gasteiger charge is 2.19. The molecule has 1 aromatic rings. The van der Waals surface area contributed by atoms with Crippen molar-refractivity contribution in [3.8, 4) is 0 Å². The summed E-state index contributed by atoms with van der Waals surface area (Å²) in [6, 6.07) is 2.22. The van der Waals surface area contributed by atoms with E-state index in [1.165, 1.54) is 43.5 Å². The smallest absolute Gasteiger partial charge is 0.133 e. The van der Waals surface area contributed by atoms with Gasteiger partial charge in [-0.3, -0.25) is 0 Å². The van der Waals surface area contributed by atoms with Crippen LogP contribution in [0.2, 0.25) is 0 Å². The molecule has 0 amide bonds. The Bertz CT molecular complexity index is 436. The van der Waals surface area contributed by atoms with E-state index in [4.69, 9.17) is 4.98 Å². The second-order valence-corrected chi connectivity index (χ2v) is 6.92. The van der Waals surface area contributed by atoms with Crippen LogP contribution in [0.25, 0.3) is 0 Å². The van der Waals surface area contributed by atoms with Gasteiger partial charge < -0.3 is 10.2 Å². The van der Waals surface area contributed by atoms with Gasteiger partial charge in [0.05, 0.1) is 0 Å². The van der Waals surface area contributed by atoms with Gasteiger partial charge >= 0.3 is 0 Å². The van der Waals surface area contributed by atoms with Crippen molar-refractivity contribution >= 4 is 21.7 Å². The predicted octanol–water partition coefficient (Wildman–Crippen LogP) is 4.36. The fourth-order valence-corrected chi connectivity index (χ4v) is 3.45. The molecule has 21 heavy (non-hydrogen) atoms. The zero-order valence-corrected chi connectivity index (χ0v) is 15.0. The van der Waals surface area contributed by atoms with Gasteiger partial charge in [0.1, 0.15) is 5.82 Å². The number of anilines is 1. The van der Waals surface area contributed by atoms with Crippen LogP contribution < -0.4 is 10.2 Å². The Labute approximate surface area is 137 Å². The molecule has 1 aliphatic heterocycles. The van der Waals surface area contributed by atoms with Crippen LogP contribution in [0.4, 0.5) is 5.82 Å². The van der Waals surface area contributed by atoms with E-state index in [-0.39, 0.29) is 0 Å². The lowest BCUT2D eigenvalue weighted by Crippen LogP contribution is -2.27. The van der Waals surface area contributed by atoms with Crippen molar-refractivity contribution in [3.63, 3.8) is 0 Å². The summed E-state index contributed by atoms with van der Waals surface area (Å²) in [4.78, 5) is 7.20. The van der Waals surface area contributed by atoms with E-state index in [1.54, 1.807) is 0 Å². The summed E-state index contributed by atoms with van der Waals surface area (Å²) in [6.07, 6.45) is 8.37. The summed E-state index contributed by atoms with van der Waals surface area (Å²) in [6.45, 7) is 8.78. The largest absolute Gasteiger partial charge is 0.356 e. The van der Waals surface area contributed by atoms with Gasteiger partial charge in [-0.25, -0.2) is 4.98 Å². The molecule has 0 saturated carbocycles. The molecule has 2 heterocycles. The Hall–Kier alpha value is -0.610. The normalized spacial score (nSPS) is 19.6. The number of aromatic nitrogens is 1. The molecule has 0 radical (unpaired) electrons. The van der Waals surface area contributed by atoms with E-state index in [2.05, 4.69) is 46.1 Å². The van der Waals surface area contributed by atoms with Crippen LogP contribution in [-0.4, -0.2) is 24.6 Å². The first-order valence-corrected chi connectivity index (χ1v) is 9.14. The molecule has 118 valence electrons. The SMILES string of the molecule is CCCNCc1cc(Br)cnc1N1CCCC(CC)CC1. The Kier molecular flexibility index (Phi) is 6.97. The first-order valence-electron chi connectivity index (χ1n) is 8.34. The molecule has 4 heteroatoms. The first kappa shape index (κ1) is 16.8. The number of hydrogen-bond donors (Lipinski definition) is 1. The molecule has 3 nitrogen and oxygen atoms in total. The molecule has 1 aliphatic rings. The van der Waals surface area contributed by atoms with Crippen LogP contribution in [0.1, 0.15) is 51.5 Å². The minimum Gasteiger partial charge on any atom is -0.356 e. The molecule has 0 aromatic carbocycles. The van der Waals surface area contributed by atoms with Crippen LogP contribution >= 0.6 is 15.9 Å². The molecule has 1 atom stereocenters. The first-order chi connectivity index (χ1) is 10.2. The summed E-state index contributed by atoms with van der Waals surface area (Å²) in [5.41, 5.74) is 1.31. The number of rotatable bonds is 6. The standard InChI is InChI=1S/C17H28BrN3/c1-3-8-19-12-15-11-16(18)13-20-17(15)21-9-5-6-14(4-2)7-10-21/h11,13-14,19H,3-10,12H2,1-2H3. The van der Waals surface area contributed by atoms with Crippen LogP contribution in [0.5, 0.6) is 0 Å². The lowest BCUT2D eigenvalue weighted by molar-refractivity contribution is 0.459. The maximum Gasteiger partial charge on any atom is 0.133 e. The topological polar surface area (TPSA) is 28.2 Å². The predicted molar refractivity (Wildman–Crippen MR) is 93.8 cm³/mol. The Morgan fingerprint density at radius 1 is 1.33 bits per heavy atom. The van der Waals surface area contributed by atoms with Crippen molar-refractivity contribution in [1.29, 1.82) is 0 Å². The number of pyridine rings is 1. The van der Waals surface area contributed by atoms with Crippen molar-refractivity contribution in [2.45, 2.75) is 52.5 Å². The number of nitrogens with one attached hydrogen (secondary N) is 1. The molecular formula is C17H28BrN3. The molecular weight excluding hydrogens is 326 g/mol. The molecule has 0 aliphatic carbocycles. The summed E-state index contributed by atoms with van der Waals surface area (Å²) < 4.78 is 1.07. The van der Waals surface area contributed by atoms with E-state index in [1.807, 2.05) is 6.20 Å². The number of halogens is 1. The Morgan fingerprint density at radius 2 is 2.19 bits per heavy atom. The molecule has 2 rings (SSSR count). The van der Waals surface area contributed by atoms with Crippen LogP contribution in [0, 0.1) is 5.92 Å². The van der Waals surface area contributed by atoms with Gasteiger partial charge in [0.25, 0.3) is 0 Å². The third kappa shape index (κ3) is 4.96. The fraction of sp³-hybridized carbons (Fsp3) is 0.706. The second-order valence-electron chi connectivity index (χ2n) is 6.01. The van der Waals surface area contributed by atoms with Crippen molar-refractivity contribution in [2.75, 3.05) is 24.5 Å². The lowest BCUT2D eigenvalue weighted by atomic mass is 9.98. The lowest BCUT2D eigenvalue weighted by Gasteiger charge is -2.24. The third-order valence-corrected chi connectivity index (χ3v) is 4.81. The minimum atomic E-state index is 0.895. The van der Waals surface area contributed by atoms with Gasteiger partial charge in [-0.1, -0.05) is 20.3 Å². The van der Waals surface area contributed by atoms with Crippen LogP contribution in [0.3, 0.4) is 0 Å². The summed E-state index contributed by atoms with van der Waals surface area (Å²) in [5.74, 6) is 2.07. The van der Waals surface area contributed by atoms with E-state index >= 15 is 0 Å². The van der Waals surface area contributed by atoms with Crippen molar-refractivity contribution in [3.05, 3.63) is 22.3 Å². The number of hydrogen-bond acceptors (Lipinski definition) is 3. The molecule has 1 fully saturated rings. The van der Waals surface area contributed by atoms with Gasteiger partial charge in [-0.05, 0) is 60.1 Å². The molecule has 1 aromatic heterocycles. The minimum absolute atomic E-state index is 0.895. The maximum absolute atomic E-state index is 4.71. The highest BCUT2D eigenvalue weighted by Crippen LogP contribution is 2.27. The monoisotopic (exact) mass is 353 g/mol. The van der Waals surface area contributed by atoms with Crippen LogP contribution in [0.15, 0.2) is 16.7 Å². The van der Waals surface area contributed by atoms with E-state index < -0.39 is 0 Å². The van der Waals surface area contributed by atoms with Gasteiger partial charge in [0.15, 0.2) is 0 Å². The van der Waals surface area contributed by atoms with Crippen molar-refractivity contribution < 1.29 is 0 Å². The van der Waals surface area contributed by atoms with E-state index in [0.717, 1.165) is 36.6 Å². The van der Waals surface area contributed by atoms with Crippen molar-refractivity contribution in [1.82, 2.24) is 10.3 Å². The van der Waals surface area contributed by atoms with Gasteiger partial charge in [0.2, 0.25) is 0 Å². The van der Waals surface area contributed by atoms with Crippen molar-refractivity contribution in [2.24, 2.45) is 5.92 Å². The molecule has 0 bridgehead atoms. The molecule has 0 spiro atoms. The fourth-order valence-electron chi connectivity index (χ4n) is 3.07. The molecule has 1 N–H and O–H groups in total. The van der Waals surface area contributed by atoms with E-state index in [9.17, 15) is 0 Å². The molecule has 1 saturated heterocycles. The Morgan fingerprint density at radius 3 is 2.95 bits per heavy atom. The van der Waals surface area contributed by atoms with Gasteiger partial charge in [0, 0.05) is 35.9 Å². The zero-order valence-electron chi connectivity index (χ0n) is 13.4. The van der Waals surface area contributed by atoms with Gasteiger partial charge in [-0.15, -0.1) is 0 Å². The van der Waals surface area contributed by atoms with Crippen LogP contribution in [-0.2, 0) is 6.54 Å². The number of nitrogens with zero attached hydrogens (tertiary/aromatic N) is 2. The average molecular weight is 354 g/mol. The summed E-state index contributed by atoms with van der Waals surface area (Å²) >= 11 is 3.56. The average Bonchev–Trinajstić information content (AvgIpc) is 2.73. The van der Waals surface area contributed by atoms with E-state index in [0.29, 0.717) is 0 Å². The summed E-state index contributed by atoms with van der Waals surface area (Å²) in [5, 5.41) is 3.51. The molecule has 1 unspecified atom stereocenters. The third-order valence-electron chi connectivity index (χ3n) is 4.38. The Balaban J connectivity index is 2.10. The quantitative estimate of drug-likeness (QED) is 0.770. The highest BCUT2D eigenvalue weighted by atomic mass is 79.9. The second kappa shape index (κ2) is 8.74.